The van der Waals surface area contributed by atoms with E-state index in [1.807, 2.05) is 0 Å². The van der Waals surface area contributed by atoms with E-state index in [4.69, 9.17) is 9.47 Å². The van der Waals surface area contributed by atoms with Crippen molar-refractivity contribution in [1.29, 1.82) is 0 Å². The summed E-state index contributed by atoms with van der Waals surface area (Å²) in [5, 5.41) is 0. The largest absolute Gasteiger partial charge is 0.497 e. The van der Waals surface area contributed by atoms with Crippen molar-refractivity contribution in [1.82, 2.24) is 0 Å². The number of alkyl halides is 3. The number of ether oxygens (including phenoxy) is 2. The first-order chi connectivity index (χ1) is 9.50. The first-order valence-electron chi connectivity index (χ1n) is 5.92. The van der Waals surface area contributed by atoms with Crippen molar-refractivity contribution < 1.29 is 22.6 Å². The molecule has 0 spiro atoms. The lowest BCUT2D eigenvalue weighted by atomic mass is 10.1. The predicted molar refractivity (Wildman–Crippen MR) is 68.8 cm³/mol. The van der Waals surface area contributed by atoms with Gasteiger partial charge in [-0.3, -0.25) is 0 Å². The van der Waals surface area contributed by atoms with Gasteiger partial charge in [0.05, 0.1) is 12.7 Å². The van der Waals surface area contributed by atoms with E-state index >= 15 is 0 Å². The standard InChI is InChI=1S/C15H13F3O2/c1-19-12-6-4-7-13(9-12)20-10-11-5-2-3-8-14(11)15(16,17)18/h2-9H,10H2,1H3. The van der Waals surface area contributed by atoms with Crippen LogP contribution in [0.3, 0.4) is 0 Å². The Morgan fingerprint density at radius 3 is 2.35 bits per heavy atom. The number of methoxy groups -OCH3 is 1. The molecule has 0 atom stereocenters. The van der Waals surface area contributed by atoms with Crippen molar-refractivity contribution in [2.45, 2.75) is 12.8 Å². The van der Waals surface area contributed by atoms with Gasteiger partial charge in [-0.15, -0.1) is 0 Å². The van der Waals surface area contributed by atoms with Crippen molar-refractivity contribution >= 4 is 0 Å². The third kappa shape index (κ3) is 3.44. The Morgan fingerprint density at radius 1 is 0.950 bits per heavy atom. The first-order valence-corrected chi connectivity index (χ1v) is 5.92. The SMILES string of the molecule is COc1cccc(OCc2ccccc2C(F)(F)F)c1. The van der Waals surface area contributed by atoms with Crippen molar-refractivity contribution in [2.24, 2.45) is 0 Å². The van der Waals surface area contributed by atoms with Crippen LogP contribution in [0.2, 0.25) is 0 Å². The van der Waals surface area contributed by atoms with Crippen LogP contribution in [0.15, 0.2) is 48.5 Å². The molecule has 0 unspecified atom stereocenters. The molecular weight excluding hydrogens is 269 g/mol. The summed E-state index contributed by atoms with van der Waals surface area (Å²) in [6, 6.07) is 12.1. The molecule has 5 heteroatoms. The van der Waals surface area contributed by atoms with Crippen LogP contribution in [0, 0.1) is 0 Å². The van der Waals surface area contributed by atoms with E-state index in [9.17, 15) is 13.2 Å². The topological polar surface area (TPSA) is 18.5 Å². The van der Waals surface area contributed by atoms with Gasteiger partial charge in [0, 0.05) is 11.6 Å². The van der Waals surface area contributed by atoms with Crippen LogP contribution in [0.5, 0.6) is 11.5 Å². The minimum absolute atomic E-state index is 0.0998. The van der Waals surface area contributed by atoms with Gasteiger partial charge >= 0.3 is 6.18 Å². The Bertz CT molecular complexity index is 579. The van der Waals surface area contributed by atoms with E-state index < -0.39 is 11.7 Å². The van der Waals surface area contributed by atoms with Gasteiger partial charge in [-0.2, -0.15) is 13.2 Å². The molecule has 2 aromatic rings. The number of benzene rings is 2. The molecule has 0 aromatic heterocycles. The summed E-state index contributed by atoms with van der Waals surface area (Å²) >= 11 is 0. The Labute approximate surface area is 114 Å². The molecule has 0 N–H and O–H groups in total. The zero-order chi connectivity index (χ0) is 14.6. The third-order valence-electron chi connectivity index (χ3n) is 2.76. The Hall–Kier alpha value is -2.17. The zero-order valence-electron chi connectivity index (χ0n) is 10.8. The van der Waals surface area contributed by atoms with Crippen molar-refractivity contribution in [3.63, 3.8) is 0 Å². The third-order valence-corrected chi connectivity index (χ3v) is 2.76. The molecule has 0 radical (unpaired) electrons. The van der Waals surface area contributed by atoms with Crippen LogP contribution in [-0.4, -0.2) is 7.11 Å². The van der Waals surface area contributed by atoms with Gasteiger partial charge < -0.3 is 9.47 Å². The van der Waals surface area contributed by atoms with Gasteiger partial charge in [0.2, 0.25) is 0 Å². The minimum atomic E-state index is -4.38. The maximum Gasteiger partial charge on any atom is 0.416 e. The summed E-state index contributed by atoms with van der Waals surface area (Å²) in [4.78, 5) is 0. The number of halogens is 3. The molecule has 0 aliphatic carbocycles. The van der Waals surface area contributed by atoms with Gasteiger partial charge in [0.1, 0.15) is 18.1 Å². The first kappa shape index (κ1) is 14.2. The average molecular weight is 282 g/mol. The van der Waals surface area contributed by atoms with Crippen LogP contribution < -0.4 is 9.47 Å². The molecular formula is C15H13F3O2. The maximum atomic E-state index is 12.8. The highest BCUT2D eigenvalue weighted by molar-refractivity contribution is 5.34. The minimum Gasteiger partial charge on any atom is -0.497 e. The smallest absolute Gasteiger partial charge is 0.416 e. The van der Waals surface area contributed by atoms with Crippen LogP contribution in [0.4, 0.5) is 13.2 Å². The summed E-state index contributed by atoms with van der Waals surface area (Å²) in [6.07, 6.45) is -4.38. The van der Waals surface area contributed by atoms with Crippen molar-refractivity contribution in [2.75, 3.05) is 7.11 Å². The number of hydrogen-bond donors (Lipinski definition) is 0. The van der Waals surface area contributed by atoms with E-state index in [1.165, 1.54) is 19.2 Å². The highest BCUT2D eigenvalue weighted by Crippen LogP contribution is 2.32. The highest BCUT2D eigenvalue weighted by atomic mass is 19.4. The fourth-order valence-corrected chi connectivity index (χ4v) is 1.77. The number of rotatable bonds is 4. The quantitative estimate of drug-likeness (QED) is 0.832. The van der Waals surface area contributed by atoms with Gasteiger partial charge in [0.25, 0.3) is 0 Å². The van der Waals surface area contributed by atoms with Gasteiger partial charge in [0.15, 0.2) is 0 Å². The molecule has 0 aliphatic rings. The number of hydrogen-bond acceptors (Lipinski definition) is 2. The van der Waals surface area contributed by atoms with E-state index in [-0.39, 0.29) is 12.2 Å². The normalized spacial score (nSPS) is 11.2. The van der Waals surface area contributed by atoms with Crippen LogP contribution in [0.25, 0.3) is 0 Å². The molecule has 2 nitrogen and oxygen atoms in total. The highest BCUT2D eigenvalue weighted by Gasteiger charge is 2.32. The van der Waals surface area contributed by atoms with E-state index in [0.29, 0.717) is 11.5 Å². The summed E-state index contributed by atoms with van der Waals surface area (Å²) in [6.45, 7) is -0.150. The molecule has 0 aliphatic heterocycles. The average Bonchev–Trinajstić information content (AvgIpc) is 2.44. The van der Waals surface area contributed by atoms with Gasteiger partial charge in [-0.1, -0.05) is 24.3 Å². The molecule has 0 amide bonds. The molecule has 0 bridgehead atoms. The van der Waals surface area contributed by atoms with Crippen molar-refractivity contribution in [3.8, 4) is 11.5 Å². The Kier molecular flexibility index (Phi) is 4.17. The van der Waals surface area contributed by atoms with E-state index in [1.54, 1.807) is 30.3 Å². The molecule has 0 fully saturated rings. The molecule has 20 heavy (non-hydrogen) atoms. The van der Waals surface area contributed by atoms with Crippen LogP contribution in [-0.2, 0) is 12.8 Å². The van der Waals surface area contributed by atoms with E-state index in [2.05, 4.69) is 0 Å². The molecule has 106 valence electrons. The van der Waals surface area contributed by atoms with E-state index in [0.717, 1.165) is 6.07 Å². The molecule has 2 aromatic carbocycles. The summed E-state index contributed by atoms with van der Waals surface area (Å²) in [7, 11) is 1.51. The second kappa shape index (κ2) is 5.86. The molecule has 0 heterocycles. The monoisotopic (exact) mass is 282 g/mol. The summed E-state index contributed by atoms with van der Waals surface area (Å²) in [5.74, 6) is 1.05. The zero-order valence-corrected chi connectivity index (χ0v) is 10.8. The molecule has 0 saturated heterocycles. The second-order valence-corrected chi connectivity index (χ2v) is 4.12. The predicted octanol–water partition coefficient (Wildman–Crippen LogP) is 4.29. The second-order valence-electron chi connectivity index (χ2n) is 4.12. The van der Waals surface area contributed by atoms with Crippen molar-refractivity contribution in [3.05, 3.63) is 59.7 Å². The lowest BCUT2D eigenvalue weighted by Gasteiger charge is -2.13. The van der Waals surface area contributed by atoms with Gasteiger partial charge in [-0.05, 0) is 18.2 Å². The molecule has 0 saturated carbocycles. The fraction of sp³-hybridized carbons (Fsp3) is 0.200. The Balaban J connectivity index is 2.15. The fourth-order valence-electron chi connectivity index (χ4n) is 1.77. The molecule has 2 rings (SSSR count). The lowest BCUT2D eigenvalue weighted by Crippen LogP contribution is -2.10. The van der Waals surface area contributed by atoms with Crippen LogP contribution >= 0.6 is 0 Å². The lowest BCUT2D eigenvalue weighted by molar-refractivity contribution is -0.138. The Morgan fingerprint density at radius 2 is 1.65 bits per heavy atom. The van der Waals surface area contributed by atoms with Gasteiger partial charge in [-0.25, -0.2) is 0 Å². The summed E-state index contributed by atoms with van der Waals surface area (Å²) in [5.41, 5.74) is -0.578. The summed E-state index contributed by atoms with van der Waals surface area (Å²) < 4.78 is 48.9. The maximum absolute atomic E-state index is 12.8. The van der Waals surface area contributed by atoms with Crippen LogP contribution in [0.1, 0.15) is 11.1 Å².